The van der Waals surface area contributed by atoms with Gasteiger partial charge in [-0.3, -0.25) is 4.98 Å². The van der Waals surface area contributed by atoms with Crippen LogP contribution in [0.25, 0.3) is 10.7 Å². The number of hydrogen-bond donors (Lipinski definition) is 1. The van der Waals surface area contributed by atoms with Gasteiger partial charge in [0.05, 0.1) is 20.6 Å². The number of halogens is 1. The molecule has 0 amide bonds. The first-order valence-corrected chi connectivity index (χ1v) is 7.50. The van der Waals surface area contributed by atoms with Crippen LogP contribution >= 0.6 is 27.3 Å². The third kappa shape index (κ3) is 2.70. The molecule has 0 unspecified atom stereocenters. The highest BCUT2D eigenvalue weighted by atomic mass is 79.9. The van der Waals surface area contributed by atoms with Crippen LogP contribution in [-0.4, -0.2) is 21.5 Å². The van der Waals surface area contributed by atoms with Gasteiger partial charge in [-0.25, -0.2) is 9.97 Å². The van der Waals surface area contributed by atoms with Gasteiger partial charge in [0.2, 0.25) is 0 Å². The quantitative estimate of drug-likeness (QED) is 0.925. The maximum atomic E-state index is 4.63. The van der Waals surface area contributed by atoms with E-state index in [4.69, 9.17) is 0 Å². The molecule has 0 aliphatic rings. The van der Waals surface area contributed by atoms with E-state index in [1.807, 2.05) is 0 Å². The molecule has 0 spiro atoms. The third-order valence-corrected chi connectivity index (χ3v) is 3.97. The molecule has 0 aliphatic carbocycles. The van der Waals surface area contributed by atoms with Gasteiger partial charge >= 0.3 is 0 Å². The van der Waals surface area contributed by atoms with Gasteiger partial charge in [0.1, 0.15) is 5.82 Å². The molecule has 2 rings (SSSR count). The molecular weight excluding hydrogens is 312 g/mol. The highest BCUT2D eigenvalue weighted by molar-refractivity contribution is 9.10. The second-order valence-corrected chi connectivity index (χ2v) is 5.83. The minimum absolute atomic E-state index is 0.339. The highest BCUT2D eigenvalue weighted by Crippen LogP contribution is 2.32. The van der Waals surface area contributed by atoms with E-state index in [-0.39, 0.29) is 0 Å². The van der Waals surface area contributed by atoms with Gasteiger partial charge < -0.3 is 5.32 Å². The molecule has 18 heavy (non-hydrogen) atoms. The lowest BCUT2D eigenvalue weighted by molar-refractivity contribution is 0.810. The number of hydrogen-bond acceptors (Lipinski definition) is 5. The summed E-state index contributed by atoms with van der Waals surface area (Å²) in [5, 5.41) is 3.26. The summed E-state index contributed by atoms with van der Waals surface area (Å²) >= 11 is 5.13. The van der Waals surface area contributed by atoms with Gasteiger partial charge in [-0.05, 0) is 28.8 Å². The molecule has 6 heteroatoms. The number of thiazole rings is 1. The Morgan fingerprint density at radius 3 is 2.72 bits per heavy atom. The van der Waals surface area contributed by atoms with Crippen molar-refractivity contribution >= 4 is 33.1 Å². The maximum absolute atomic E-state index is 4.63. The summed E-state index contributed by atoms with van der Waals surface area (Å²) in [6.45, 7) is 7.13. The van der Waals surface area contributed by atoms with Crippen LogP contribution in [-0.2, 0) is 0 Å². The Hall–Kier alpha value is -1.01. The van der Waals surface area contributed by atoms with E-state index in [0.717, 1.165) is 33.2 Å². The van der Waals surface area contributed by atoms with E-state index in [1.54, 1.807) is 23.0 Å². The van der Waals surface area contributed by atoms with Crippen LogP contribution in [0.5, 0.6) is 0 Å². The van der Waals surface area contributed by atoms with Crippen molar-refractivity contribution in [3.05, 3.63) is 21.9 Å². The number of nitrogens with one attached hydrogen (secondary N) is 1. The molecule has 0 atom stereocenters. The van der Waals surface area contributed by atoms with Crippen molar-refractivity contribution in [3.8, 4) is 10.7 Å². The van der Waals surface area contributed by atoms with E-state index in [0.29, 0.717) is 5.92 Å². The molecule has 1 N–H and O–H groups in total. The fraction of sp³-hybridized carbons (Fsp3) is 0.417. The van der Waals surface area contributed by atoms with Crippen LogP contribution in [0.3, 0.4) is 0 Å². The highest BCUT2D eigenvalue weighted by Gasteiger charge is 2.16. The van der Waals surface area contributed by atoms with Crippen molar-refractivity contribution in [1.29, 1.82) is 0 Å². The Kier molecular flexibility index (Phi) is 4.29. The normalized spacial score (nSPS) is 10.9. The average molecular weight is 327 g/mol. The van der Waals surface area contributed by atoms with Crippen molar-refractivity contribution in [2.24, 2.45) is 0 Å². The van der Waals surface area contributed by atoms with Gasteiger partial charge in [-0.15, -0.1) is 11.3 Å². The molecule has 0 saturated heterocycles. The lowest BCUT2D eigenvalue weighted by Gasteiger charge is -2.13. The first kappa shape index (κ1) is 13.4. The SMILES string of the molecule is CCNc1nc(-c2cncs2)nc(C(C)C)c1Br. The second-order valence-electron chi connectivity index (χ2n) is 4.15. The molecule has 2 aromatic rings. The molecule has 0 radical (unpaired) electrons. The molecule has 0 saturated carbocycles. The number of rotatable bonds is 4. The van der Waals surface area contributed by atoms with E-state index >= 15 is 0 Å². The predicted octanol–water partition coefficient (Wildman–Crippen LogP) is 3.92. The topological polar surface area (TPSA) is 50.7 Å². The van der Waals surface area contributed by atoms with Crippen LogP contribution < -0.4 is 5.32 Å². The molecule has 0 aliphatic heterocycles. The van der Waals surface area contributed by atoms with E-state index in [2.05, 4.69) is 57.0 Å². The summed E-state index contributed by atoms with van der Waals surface area (Å²) < 4.78 is 0.951. The van der Waals surface area contributed by atoms with Crippen LogP contribution in [0.2, 0.25) is 0 Å². The molecule has 96 valence electrons. The zero-order chi connectivity index (χ0) is 13.1. The molecule has 4 nitrogen and oxygen atoms in total. The van der Waals surface area contributed by atoms with Gasteiger partial charge in [0.25, 0.3) is 0 Å². The molecule has 0 fully saturated rings. The van der Waals surface area contributed by atoms with Gasteiger partial charge in [0.15, 0.2) is 5.82 Å². The maximum Gasteiger partial charge on any atom is 0.173 e. The summed E-state index contributed by atoms with van der Waals surface area (Å²) in [6.07, 6.45) is 1.80. The summed E-state index contributed by atoms with van der Waals surface area (Å²) in [5.41, 5.74) is 2.81. The monoisotopic (exact) mass is 326 g/mol. The van der Waals surface area contributed by atoms with Crippen molar-refractivity contribution in [1.82, 2.24) is 15.0 Å². The van der Waals surface area contributed by atoms with Crippen molar-refractivity contribution in [2.75, 3.05) is 11.9 Å². The number of anilines is 1. The van der Waals surface area contributed by atoms with E-state index in [1.165, 1.54) is 0 Å². The summed E-state index contributed by atoms with van der Waals surface area (Å²) in [6, 6.07) is 0. The van der Waals surface area contributed by atoms with Crippen molar-refractivity contribution in [3.63, 3.8) is 0 Å². The summed E-state index contributed by atoms with van der Waals surface area (Å²) in [4.78, 5) is 14.2. The van der Waals surface area contributed by atoms with Crippen LogP contribution in [0.1, 0.15) is 32.4 Å². The van der Waals surface area contributed by atoms with Crippen LogP contribution in [0.4, 0.5) is 5.82 Å². The Labute approximate surface area is 119 Å². The molecular formula is C12H15BrN4S. The zero-order valence-electron chi connectivity index (χ0n) is 10.6. The summed E-state index contributed by atoms with van der Waals surface area (Å²) in [7, 11) is 0. The fourth-order valence-electron chi connectivity index (χ4n) is 1.57. The Morgan fingerprint density at radius 2 is 2.17 bits per heavy atom. The minimum Gasteiger partial charge on any atom is -0.369 e. The lowest BCUT2D eigenvalue weighted by Crippen LogP contribution is -2.06. The molecule has 0 bridgehead atoms. The summed E-state index contributed by atoms with van der Waals surface area (Å²) in [5.74, 6) is 1.92. The van der Waals surface area contributed by atoms with Gasteiger partial charge in [-0.1, -0.05) is 13.8 Å². The van der Waals surface area contributed by atoms with Crippen molar-refractivity contribution in [2.45, 2.75) is 26.7 Å². The smallest absolute Gasteiger partial charge is 0.173 e. The average Bonchev–Trinajstić information content (AvgIpc) is 2.85. The zero-order valence-corrected chi connectivity index (χ0v) is 13.0. The fourth-order valence-corrected chi connectivity index (χ4v) is 2.90. The third-order valence-electron chi connectivity index (χ3n) is 2.42. The Morgan fingerprint density at radius 1 is 1.39 bits per heavy atom. The van der Waals surface area contributed by atoms with E-state index in [9.17, 15) is 0 Å². The first-order chi connectivity index (χ1) is 8.63. The Balaban J connectivity index is 2.55. The van der Waals surface area contributed by atoms with Crippen LogP contribution in [0.15, 0.2) is 16.2 Å². The van der Waals surface area contributed by atoms with Gasteiger partial charge in [0, 0.05) is 12.7 Å². The molecule has 2 aromatic heterocycles. The molecule has 0 aromatic carbocycles. The van der Waals surface area contributed by atoms with Crippen molar-refractivity contribution < 1.29 is 0 Å². The number of nitrogens with zero attached hydrogens (tertiary/aromatic N) is 3. The van der Waals surface area contributed by atoms with Gasteiger partial charge in [-0.2, -0.15) is 0 Å². The second kappa shape index (κ2) is 5.75. The lowest BCUT2D eigenvalue weighted by atomic mass is 10.1. The van der Waals surface area contributed by atoms with Crippen LogP contribution in [0, 0.1) is 0 Å². The first-order valence-electron chi connectivity index (χ1n) is 5.83. The standard InChI is InChI=1S/C12H15BrN4S/c1-4-15-12-9(13)10(7(2)3)16-11(17-12)8-5-14-6-18-8/h5-7H,4H2,1-3H3,(H,15,16,17). The Bertz CT molecular complexity index is 525. The minimum atomic E-state index is 0.339. The molecule has 2 heterocycles. The predicted molar refractivity (Wildman–Crippen MR) is 79.1 cm³/mol. The largest absolute Gasteiger partial charge is 0.369 e. The number of aromatic nitrogens is 3. The van der Waals surface area contributed by atoms with E-state index < -0.39 is 0 Å².